The quantitative estimate of drug-likeness (QED) is 0.389. The second-order valence-corrected chi connectivity index (χ2v) is 7.03. The molecule has 0 atom stereocenters. The first-order valence-electron chi connectivity index (χ1n) is 8.72. The second-order valence-electron chi connectivity index (χ2n) is 6.09. The van der Waals surface area contributed by atoms with Gasteiger partial charge in [0, 0.05) is 12.6 Å². The number of nitrogen functional groups attached to an aromatic ring is 1. The molecule has 0 aliphatic heterocycles. The Morgan fingerprint density at radius 2 is 1.97 bits per heavy atom. The van der Waals surface area contributed by atoms with Crippen LogP contribution in [0.4, 0.5) is 15.8 Å². The minimum atomic E-state index is -0.475. The molecule has 2 aromatic carbocycles. The first-order chi connectivity index (χ1) is 14.4. The summed E-state index contributed by atoms with van der Waals surface area (Å²) in [5.74, 6) is 5.47. The Kier molecular flexibility index (Phi) is 6.52. The third kappa shape index (κ3) is 4.87. The Morgan fingerprint density at radius 1 is 1.20 bits per heavy atom. The number of nitrogens with one attached hydrogen (secondary N) is 2. The van der Waals surface area contributed by atoms with E-state index in [2.05, 4.69) is 20.8 Å². The first kappa shape index (κ1) is 21.1. The topological polar surface area (TPSA) is 124 Å². The van der Waals surface area contributed by atoms with Crippen molar-refractivity contribution in [2.45, 2.75) is 12.1 Å². The molecule has 0 bridgehead atoms. The van der Waals surface area contributed by atoms with E-state index in [0.29, 0.717) is 17.1 Å². The number of anilines is 2. The number of hydrogen-bond donors (Lipinski definition) is 3. The number of carbonyl (C=O) groups is 2. The lowest BCUT2D eigenvalue weighted by atomic mass is 10.2. The van der Waals surface area contributed by atoms with Gasteiger partial charge in [0.05, 0.1) is 24.1 Å². The fraction of sp³-hybridized carbons (Fsp3) is 0.158. The minimum Gasteiger partial charge on any atom is -0.495 e. The van der Waals surface area contributed by atoms with E-state index in [0.717, 1.165) is 16.4 Å². The fourth-order valence-electron chi connectivity index (χ4n) is 2.60. The lowest BCUT2D eigenvalue weighted by molar-refractivity contribution is -0.114. The zero-order valence-electron chi connectivity index (χ0n) is 16.2. The van der Waals surface area contributed by atoms with Gasteiger partial charge in [-0.2, -0.15) is 0 Å². The van der Waals surface area contributed by atoms with E-state index in [4.69, 9.17) is 10.6 Å². The number of aromatic nitrogens is 3. The number of nitrogens with zero attached hydrogens (tertiary/aromatic N) is 3. The smallest absolute Gasteiger partial charge is 0.234 e. The largest absolute Gasteiger partial charge is 0.495 e. The molecule has 30 heavy (non-hydrogen) atoms. The van der Waals surface area contributed by atoms with Gasteiger partial charge < -0.3 is 21.2 Å². The van der Waals surface area contributed by atoms with Gasteiger partial charge in [0.25, 0.3) is 0 Å². The number of ether oxygens (including phenoxy) is 1. The molecule has 9 nitrogen and oxygen atoms in total. The molecule has 0 saturated heterocycles. The van der Waals surface area contributed by atoms with E-state index < -0.39 is 5.82 Å². The molecule has 0 aliphatic carbocycles. The zero-order valence-corrected chi connectivity index (χ0v) is 17.0. The number of nitrogens with two attached hydrogens (primary N) is 1. The standard InChI is InChI=1S/C19H19FN6O3S/c1-11(27)22-12-7-8-16(29-2)15(9-12)23-17(28)10-30-19-25-24-18(26(19)21)13-5-3-4-6-14(13)20/h3-9H,10,21H2,1-2H3,(H,22,27)(H,23,28). The summed E-state index contributed by atoms with van der Waals surface area (Å²) in [5, 5.41) is 13.4. The van der Waals surface area contributed by atoms with Crippen molar-refractivity contribution in [2.75, 3.05) is 29.3 Å². The number of benzene rings is 2. The van der Waals surface area contributed by atoms with Crippen molar-refractivity contribution in [1.82, 2.24) is 14.9 Å². The highest BCUT2D eigenvalue weighted by Crippen LogP contribution is 2.29. The summed E-state index contributed by atoms with van der Waals surface area (Å²) in [4.78, 5) is 23.6. The molecule has 3 rings (SSSR count). The SMILES string of the molecule is COc1ccc(NC(C)=O)cc1NC(=O)CSc1nnc(-c2ccccc2F)n1N. The van der Waals surface area contributed by atoms with Crippen molar-refractivity contribution in [3.05, 3.63) is 48.3 Å². The predicted octanol–water partition coefficient (Wildman–Crippen LogP) is 2.50. The van der Waals surface area contributed by atoms with Gasteiger partial charge in [-0.15, -0.1) is 10.2 Å². The van der Waals surface area contributed by atoms with Crippen molar-refractivity contribution in [2.24, 2.45) is 0 Å². The lowest BCUT2D eigenvalue weighted by Crippen LogP contribution is -2.17. The molecule has 0 saturated carbocycles. The summed E-state index contributed by atoms with van der Waals surface area (Å²) in [6.45, 7) is 1.39. The number of thioether (sulfide) groups is 1. The van der Waals surface area contributed by atoms with Crippen LogP contribution in [-0.4, -0.2) is 39.6 Å². The molecule has 0 aliphatic rings. The highest BCUT2D eigenvalue weighted by Gasteiger charge is 2.17. The molecule has 0 fully saturated rings. The van der Waals surface area contributed by atoms with Gasteiger partial charge in [0.2, 0.25) is 17.0 Å². The van der Waals surface area contributed by atoms with Crippen LogP contribution in [0.2, 0.25) is 0 Å². The van der Waals surface area contributed by atoms with Crippen molar-refractivity contribution >= 4 is 35.0 Å². The Morgan fingerprint density at radius 3 is 2.67 bits per heavy atom. The predicted molar refractivity (Wildman–Crippen MR) is 112 cm³/mol. The molecule has 11 heteroatoms. The van der Waals surface area contributed by atoms with Crippen LogP contribution in [-0.2, 0) is 9.59 Å². The monoisotopic (exact) mass is 430 g/mol. The van der Waals surface area contributed by atoms with Crippen molar-refractivity contribution in [3.8, 4) is 17.1 Å². The zero-order chi connectivity index (χ0) is 21.7. The van der Waals surface area contributed by atoms with Crippen LogP contribution in [0.1, 0.15) is 6.92 Å². The third-order valence-electron chi connectivity index (χ3n) is 3.91. The van der Waals surface area contributed by atoms with Gasteiger partial charge in [-0.25, -0.2) is 9.07 Å². The normalized spacial score (nSPS) is 10.5. The van der Waals surface area contributed by atoms with E-state index >= 15 is 0 Å². The number of hydrogen-bond acceptors (Lipinski definition) is 7. The molecule has 1 aromatic heterocycles. The maximum atomic E-state index is 14.0. The van der Waals surface area contributed by atoms with Crippen LogP contribution in [0, 0.1) is 5.82 Å². The van der Waals surface area contributed by atoms with Crippen LogP contribution < -0.4 is 21.2 Å². The average Bonchev–Trinajstić information content (AvgIpc) is 3.07. The average molecular weight is 430 g/mol. The van der Waals surface area contributed by atoms with Gasteiger partial charge in [-0.1, -0.05) is 23.9 Å². The molecule has 4 N–H and O–H groups in total. The number of methoxy groups -OCH3 is 1. The Bertz CT molecular complexity index is 1090. The fourth-order valence-corrected chi connectivity index (χ4v) is 3.26. The van der Waals surface area contributed by atoms with Gasteiger partial charge >= 0.3 is 0 Å². The Labute approximate surface area is 175 Å². The van der Waals surface area contributed by atoms with E-state index in [9.17, 15) is 14.0 Å². The molecule has 3 aromatic rings. The van der Waals surface area contributed by atoms with Crippen molar-refractivity contribution in [3.63, 3.8) is 0 Å². The summed E-state index contributed by atoms with van der Waals surface area (Å²) in [7, 11) is 1.47. The maximum Gasteiger partial charge on any atom is 0.234 e. The van der Waals surface area contributed by atoms with Gasteiger partial charge in [-0.3, -0.25) is 9.59 Å². The molecule has 2 amide bonds. The van der Waals surface area contributed by atoms with Gasteiger partial charge in [0.1, 0.15) is 11.6 Å². The molecular formula is C19H19FN6O3S. The Hall–Kier alpha value is -3.60. The highest BCUT2D eigenvalue weighted by atomic mass is 32.2. The summed E-state index contributed by atoms with van der Waals surface area (Å²) in [6, 6.07) is 10.9. The van der Waals surface area contributed by atoms with Gasteiger partial charge in [0.15, 0.2) is 5.82 Å². The summed E-state index contributed by atoms with van der Waals surface area (Å²) >= 11 is 1.04. The lowest BCUT2D eigenvalue weighted by Gasteiger charge is -2.12. The van der Waals surface area contributed by atoms with Crippen molar-refractivity contribution in [1.29, 1.82) is 0 Å². The van der Waals surface area contributed by atoms with Gasteiger partial charge in [-0.05, 0) is 30.3 Å². The third-order valence-corrected chi connectivity index (χ3v) is 4.85. The molecule has 0 radical (unpaired) electrons. The molecular weight excluding hydrogens is 411 g/mol. The van der Waals surface area contributed by atoms with E-state index in [1.165, 1.54) is 26.2 Å². The van der Waals surface area contributed by atoms with E-state index in [-0.39, 0.29) is 34.1 Å². The maximum absolute atomic E-state index is 14.0. The van der Waals surface area contributed by atoms with Crippen LogP contribution in [0.3, 0.4) is 0 Å². The Balaban J connectivity index is 1.68. The number of halogens is 1. The highest BCUT2D eigenvalue weighted by molar-refractivity contribution is 7.99. The van der Waals surface area contributed by atoms with Crippen LogP contribution in [0.15, 0.2) is 47.6 Å². The van der Waals surface area contributed by atoms with E-state index in [1.54, 1.807) is 30.3 Å². The summed E-state index contributed by atoms with van der Waals surface area (Å²) in [5.41, 5.74) is 1.13. The molecule has 156 valence electrons. The van der Waals surface area contributed by atoms with Crippen LogP contribution >= 0.6 is 11.8 Å². The second kappa shape index (κ2) is 9.27. The first-order valence-corrected chi connectivity index (χ1v) is 9.71. The van der Waals surface area contributed by atoms with E-state index in [1.807, 2.05) is 0 Å². The van der Waals surface area contributed by atoms with Crippen LogP contribution in [0.5, 0.6) is 5.75 Å². The van der Waals surface area contributed by atoms with Crippen LogP contribution in [0.25, 0.3) is 11.4 Å². The molecule has 0 spiro atoms. The number of amides is 2. The minimum absolute atomic E-state index is 0.0277. The summed E-state index contributed by atoms with van der Waals surface area (Å²) < 4.78 is 20.3. The molecule has 1 heterocycles. The number of rotatable bonds is 7. The van der Waals surface area contributed by atoms with Crippen molar-refractivity contribution < 1.29 is 18.7 Å². The summed E-state index contributed by atoms with van der Waals surface area (Å²) in [6.07, 6.45) is 0. The molecule has 0 unspecified atom stereocenters. The number of carbonyl (C=O) groups excluding carboxylic acids is 2.